The third kappa shape index (κ3) is 3.48. The number of hydrogen-bond acceptors (Lipinski definition) is 7. The Bertz CT molecular complexity index is 1470. The molecule has 2 aliphatic rings. The van der Waals surface area contributed by atoms with Crippen molar-refractivity contribution in [3.63, 3.8) is 0 Å². The predicted molar refractivity (Wildman–Crippen MR) is 137 cm³/mol. The van der Waals surface area contributed by atoms with Gasteiger partial charge in [-0.1, -0.05) is 18.3 Å². The molecule has 0 aliphatic carbocycles. The zero-order valence-corrected chi connectivity index (χ0v) is 20.8. The van der Waals surface area contributed by atoms with E-state index < -0.39 is 0 Å². The van der Waals surface area contributed by atoms with Gasteiger partial charge in [-0.2, -0.15) is 10.4 Å². The zero-order chi connectivity index (χ0) is 24.3. The van der Waals surface area contributed by atoms with Gasteiger partial charge in [0, 0.05) is 55.6 Å². The van der Waals surface area contributed by atoms with Crippen molar-refractivity contribution >= 4 is 33.4 Å². The van der Waals surface area contributed by atoms with Crippen LogP contribution in [-0.4, -0.2) is 47.8 Å². The molecule has 2 saturated heterocycles. The van der Waals surface area contributed by atoms with E-state index in [0.717, 1.165) is 60.8 Å². The first kappa shape index (κ1) is 22.0. The number of hydrogen-bond donors (Lipinski definition) is 1. The molecular formula is C26H26FN7S. The molecular weight excluding hydrogens is 461 g/mol. The lowest BCUT2D eigenvalue weighted by atomic mass is 9.74. The maximum Gasteiger partial charge on any atom is 0.191 e. The summed E-state index contributed by atoms with van der Waals surface area (Å²) in [6.07, 6.45) is 0.774. The molecule has 1 spiro atoms. The summed E-state index contributed by atoms with van der Waals surface area (Å²) in [6, 6.07) is 12.8. The molecule has 2 aliphatic heterocycles. The van der Waals surface area contributed by atoms with Crippen molar-refractivity contribution in [1.82, 2.24) is 19.9 Å². The molecule has 7 nitrogen and oxygen atoms in total. The van der Waals surface area contributed by atoms with Crippen molar-refractivity contribution < 1.29 is 4.39 Å². The Morgan fingerprint density at radius 3 is 2.60 bits per heavy atom. The highest BCUT2D eigenvalue weighted by molar-refractivity contribution is 7.16. The van der Waals surface area contributed by atoms with E-state index in [-0.39, 0.29) is 5.82 Å². The van der Waals surface area contributed by atoms with E-state index in [4.69, 9.17) is 10.1 Å². The van der Waals surface area contributed by atoms with Crippen LogP contribution in [0, 0.1) is 29.5 Å². The molecule has 3 aromatic heterocycles. The number of rotatable bonds is 5. The van der Waals surface area contributed by atoms with E-state index in [9.17, 15) is 9.65 Å². The fraction of sp³-hybridized carbons (Fsp3) is 0.346. The molecule has 0 unspecified atom stereocenters. The molecule has 0 bridgehead atoms. The van der Waals surface area contributed by atoms with Gasteiger partial charge in [-0.05, 0) is 49.7 Å². The topological polar surface area (TPSA) is 72.5 Å². The van der Waals surface area contributed by atoms with Crippen LogP contribution >= 0.6 is 11.3 Å². The zero-order valence-electron chi connectivity index (χ0n) is 20.0. The van der Waals surface area contributed by atoms with E-state index >= 15 is 0 Å². The molecule has 6 rings (SSSR count). The maximum atomic E-state index is 13.4. The van der Waals surface area contributed by atoms with Gasteiger partial charge in [-0.3, -0.25) is 0 Å². The van der Waals surface area contributed by atoms with Crippen molar-refractivity contribution in [2.75, 3.05) is 43.0 Å². The quantitative estimate of drug-likeness (QED) is 0.446. The summed E-state index contributed by atoms with van der Waals surface area (Å²) in [5, 5.41) is 18.8. The fourth-order valence-electron chi connectivity index (χ4n) is 5.19. The predicted octanol–water partition coefficient (Wildman–Crippen LogP) is 4.52. The Kier molecular flexibility index (Phi) is 5.06. The molecule has 35 heavy (non-hydrogen) atoms. The monoisotopic (exact) mass is 487 g/mol. The minimum Gasteiger partial charge on any atom is -0.370 e. The van der Waals surface area contributed by atoms with Crippen LogP contribution in [0.25, 0.3) is 16.8 Å². The van der Waals surface area contributed by atoms with Crippen LogP contribution in [0.4, 0.5) is 20.9 Å². The lowest BCUT2D eigenvalue weighted by molar-refractivity contribution is 0.121. The average Bonchev–Trinajstić information content (AvgIpc) is 3.39. The summed E-state index contributed by atoms with van der Waals surface area (Å²) in [5.41, 5.74) is 7.06. The van der Waals surface area contributed by atoms with Crippen molar-refractivity contribution in [3.05, 3.63) is 58.5 Å². The molecule has 1 N–H and O–H groups in total. The molecule has 178 valence electrons. The number of nitrogens with one attached hydrogen (secondary N) is 1. The van der Waals surface area contributed by atoms with Crippen LogP contribution in [-0.2, 0) is 6.42 Å². The van der Waals surface area contributed by atoms with Crippen LogP contribution in [0.3, 0.4) is 0 Å². The Balaban J connectivity index is 1.42. The molecule has 0 saturated carbocycles. The van der Waals surface area contributed by atoms with E-state index in [1.54, 1.807) is 12.1 Å². The van der Waals surface area contributed by atoms with Gasteiger partial charge in [0.2, 0.25) is 0 Å². The summed E-state index contributed by atoms with van der Waals surface area (Å²) in [6.45, 7) is 8.56. The number of nitrogens with zero attached hydrogens (tertiary/aromatic N) is 6. The summed E-state index contributed by atoms with van der Waals surface area (Å²) >= 11 is 1.34. The second-order valence-corrected chi connectivity index (χ2v) is 10.6. The van der Waals surface area contributed by atoms with Gasteiger partial charge in [0.25, 0.3) is 0 Å². The summed E-state index contributed by atoms with van der Waals surface area (Å²) < 4.78 is 15.5. The standard InChI is InChI=1S/C26H26FN7S/c1-4-20-24(32(3)25-30-23(22(11-28)35-25)17-5-7-18(27)8-6-17)21-10-19(9-16(2)34(21)31-20)33-14-26(15-33)12-29-13-26/h5-10,29H,4,12-15H2,1-3H3. The van der Waals surface area contributed by atoms with Crippen molar-refractivity contribution in [2.24, 2.45) is 5.41 Å². The first-order chi connectivity index (χ1) is 16.9. The smallest absolute Gasteiger partial charge is 0.191 e. The van der Waals surface area contributed by atoms with E-state index in [1.165, 1.54) is 29.2 Å². The van der Waals surface area contributed by atoms with Gasteiger partial charge >= 0.3 is 0 Å². The molecule has 5 heterocycles. The SMILES string of the molecule is CCc1nn2c(C)cc(N3CC4(CNC4)C3)cc2c1N(C)c1nc(-c2ccc(F)cc2)c(C#N)s1. The Labute approximate surface area is 207 Å². The van der Waals surface area contributed by atoms with E-state index in [2.05, 4.69) is 42.3 Å². The third-order valence-corrected chi connectivity index (χ3v) is 8.19. The minimum absolute atomic E-state index is 0.313. The van der Waals surface area contributed by atoms with Gasteiger partial charge in [0.1, 0.15) is 22.5 Å². The van der Waals surface area contributed by atoms with E-state index in [0.29, 0.717) is 21.1 Å². The van der Waals surface area contributed by atoms with Crippen LogP contribution in [0.15, 0.2) is 36.4 Å². The summed E-state index contributed by atoms with van der Waals surface area (Å²) in [5.74, 6) is -0.313. The number of aromatic nitrogens is 3. The normalized spacial score (nSPS) is 16.3. The summed E-state index contributed by atoms with van der Waals surface area (Å²) in [4.78, 5) is 9.80. The van der Waals surface area contributed by atoms with Crippen LogP contribution in [0.2, 0.25) is 0 Å². The average molecular weight is 488 g/mol. The second kappa shape index (κ2) is 8.04. The highest BCUT2D eigenvalue weighted by atomic mass is 32.1. The lowest BCUT2D eigenvalue weighted by Crippen LogP contribution is -2.71. The lowest BCUT2D eigenvalue weighted by Gasteiger charge is -2.57. The van der Waals surface area contributed by atoms with Gasteiger partial charge in [-0.15, -0.1) is 0 Å². The Morgan fingerprint density at radius 2 is 1.97 bits per heavy atom. The molecule has 9 heteroatoms. The molecule has 4 aromatic rings. The highest BCUT2D eigenvalue weighted by Crippen LogP contribution is 2.41. The Hall–Kier alpha value is -3.48. The summed E-state index contributed by atoms with van der Waals surface area (Å²) in [7, 11) is 1.98. The van der Waals surface area contributed by atoms with Crippen molar-refractivity contribution in [2.45, 2.75) is 20.3 Å². The first-order valence-corrected chi connectivity index (χ1v) is 12.6. The molecule has 1 aromatic carbocycles. The van der Waals surface area contributed by atoms with E-state index in [1.807, 2.05) is 16.5 Å². The molecule has 0 atom stereocenters. The minimum atomic E-state index is -0.313. The molecule has 0 radical (unpaired) electrons. The van der Waals surface area contributed by atoms with Crippen molar-refractivity contribution in [3.8, 4) is 17.3 Å². The number of aryl methyl sites for hydroxylation is 2. The van der Waals surface area contributed by atoms with Gasteiger partial charge in [-0.25, -0.2) is 13.9 Å². The number of anilines is 3. The maximum absolute atomic E-state index is 13.4. The number of fused-ring (bicyclic) bond motifs is 1. The van der Waals surface area contributed by atoms with Crippen LogP contribution in [0.1, 0.15) is 23.2 Å². The van der Waals surface area contributed by atoms with Crippen LogP contribution < -0.4 is 15.1 Å². The number of thiazole rings is 1. The van der Waals surface area contributed by atoms with Gasteiger partial charge in [0.15, 0.2) is 5.13 Å². The highest BCUT2D eigenvalue weighted by Gasteiger charge is 2.47. The second-order valence-electron chi connectivity index (χ2n) is 9.61. The van der Waals surface area contributed by atoms with Crippen molar-refractivity contribution in [1.29, 1.82) is 5.26 Å². The number of benzene rings is 1. The molecule has 0 amide bonds. The van der Waals surface area contributed by atoms with Gasteiger partial charge < -0.3 is 15.1 Å². The van der Waals surface area contributed by atoms with Gasteiger partial charge in [0.05, 0.1) is 16.9 Å². The number of pyridine rings is 1. The molecule has 2 fully saturated rings. The fourth-order valence-corrected chi connectivity index (χ4v) is 6.04. The Morgan fingerprint density at radius 1 is 1.23 bits per heavy atom. The third-order valence-electron chi connectivity index (χ3n) is 7.15. The number of halogens is 1. The largest absolute Gasteiger partial charge is 0.370 e. The van der Waals surface area contributed by atoms with Crippen LogP contribution in [0.5, 0.6) is 0 Å². The number of nitriles is 1. The first-order valence-electron chi connectivity index (χ1n) is 11.8.